The summed E-state index contributed by atoms with van der Waals surface area (Å²) in [6.45, 7) is 0. The quantitative estimate of drug-likeness (QED) is 0.383. The number of rotatable bonds is 1. The van der Waals surface area contributed by atoms with Crippen LogP contribution in [0.3, 0.4) is 0 Å². The molecule has 0 heterocycles. The van der Waals surface area contributed by atoms with Crippen LogP contribution in [0.5, 0.6) is 0 Å². The standard InChI is InChI=1S/C10H6ClFO/c11-5-1-2-9-4-3-8(7-13)6-10(9)12/h3-4,6-7H,5H2. The van der Waals surface area contributed by atoms with Crippen molar-refractivity contribution in [1.29, 1.82) is 0 Å². The van der Waals surface area contributed by atoms with E-state index in [0.717, 1.165) is 6.07 Å². The first kappa shape index (κ1) is 9.76. The minimum atomic E-state index is -0.498. The Hall–Kier alpha value is -1.33. The van der Waals surface area contributed by atoms with Crippen molar-refractivity contribution in [3.8, 4) is 11.8 Å². The SMILES string of the molecule is O=Cc1ccc(C#CCCl)c(F)c1. The first-order valence-corrected chi connectivity index (χ1v) is 4.11. The molecule has 1 rings (SSSR count). The Kier molecular flexibility index (Phi) is 3.48. The van der Waals surface area contributed by atoms with Gasteiger partial charge in [0.2, 0.25) is 0 Å². The molecule has 1 nitrogen and oxygen atoms in total. The first-order chi connectivity index (χ1) is 6.27. The predicted molar refractivity (Wildman–Crippen MR) is 49.4 cm³/mol. The molecule has 0 saturated heterocycles. The van der Waals surface area contributed by atoms with Crippen molar-refractivity contribution in [2.75, 3.05) is 5.88 Å². The Morgan fingerprint density at radius 1 is 1.54 bits per heavy atom. The third-order valence-corrected chi connectivity index (χ3v) is 1.55. The van der Waals surface area contributed by atoms with Gasteiger partial charge in [0.15, 0.2) is 0 Å². The lowest BCUT2D eigenvalue weighted by atomic mass is 10.1. The highest BCUT2D eigenvalue weighted by Crippen LogP contribution is 2.07. The van der Waals surface area contributed by atoms with Crippen molar-refractivity contribution in [1.82, 2.24) is 0 Å². The molecule has 0 N–H and O–H groups in total. The van der Waals surface area contributed by atoms with Crippen LogP contribution < -0.4 is 0 Å². The molecule has 1 aromatic carbocycles. The van der Waals surface area contributed by atoms with Crippen molar-refractivity contribution < 1.29 is 9.18 Å². The Balaban J connectivity index is 3.05. The van der Waals surface area contributed by atoms with Gasteiger partial charge in [-0.05, 0) is 12.1 Å². The lowest BCUT2D eigenvalue weighted by Gasteiger charge is -1.94. The number of halogens is 2. The lowest BCUT2D eigenvalue weighted by molar-refractivity contribution is 0.112. The lowest BCUT2D eigenvalue weighted by Crippen LogP contribution is -1.87. The van der Waals surface area contributed by atoms with Crippen LogP contribution in [-0.2, 0) is 0 Å². The van der Waals surface area contributed by atoms with Crippen LogP contribution in [0.25, 0.3) is 0 Å². The number of benzene rings is 1. The molecule has 0 bridgehead atoms. The number of carbonyl (C=O) groups excluding carboxylic acids is 1. The van der Waals surface area contributed by atoms with Crippen LogP contribution in [0.4, 0.5) is 4.39 Å². The number of hydrogen-bond donors (Lipinski definition) is 0. The Morgan fingerprint density at radius 2 is 2.31 bits per heavy atom. The van der Waals surface area contributed by atoms with Crippen molar-refractivity contribution in [2.45, 2.75) is 0 Å². The largest absolute Gasteiger partial charge is 0.298 e. The van der Waals surface area contributed by atoms with E-state index in [1.165, 1.54) is 12.1 Å². The van der Waals surface area contributed by atoms with E-state index in [1.54, 1.807) is 0 Å². The average molecular weight is 197 g/mol. The molecule has 3 heteroatoms. The molecule has 0 unspecified atom stereocenters. The summed E-state index contributed by atoms with van der Waals surface area (Å²) in [5.41, 5.74) is 0.556. The maximum atomic E-state index is 13.1. The predicted octanol–water partition coefficient (Wildman–Crippen LogP) is 2.23. The van der Waals surface area contributed by atoms with Gasteiger partial charge in [0.25, 0.3) is 0 Å². The van der Waals surface area contributed by atoms with Crippen LogP contribution in [0, 0.1) is 17.7 Å². The van der Waals surface area contributed by atoms with Gasteiger partial charge in [-0.25, -0.2) is 4.39 Å². The number of hydrogen-bond acceptors (Lipinski definition) is 1. The monoisotopic (exact) mass is 196 g/mol. The van der Waals surface area contributed by atoms with Crippen molar-refractivity contribution in [3.05, 3.63) is 35.1 Å². The molecule has 0 radical (unpaired) electrons. The highest BCUT2D eigenvalue weighted by atomic mass is 35.5. The number of aldehydes is 1. The third-order valence-electron chi connectivity index (χ3n) is 1.42. The van der Waals surface area contributed by atoms with E-state index in [0.29, 0.717) is 11.8 Å². The highest BCUT2D eigenvalue weighted by Gasteiger charge is 1.99. The molecule has 0 amide bonds. The van der Waals surface area contributed by atoms with E-state index in [1.807, 2.05) is 0 Å². The van der Waals surface area contributed by atoms with E-state index in [-0.39, 0.29) is 11.4 Å². The summed E-state index contributed by atoms with van der Waals surface area (Å²) in [5, 5.41) is 0. The van der Waals surface area contributed by atoms with E-state index in [2.05, 4.69) is 11.8 Å². The summed E-state index contributed by atoms with van der Waals surface area (Å²) in [4.78, 5) is 10.3. The molecule has 0 aromatic heterocycles. The zero-order valence-electron chi connectivity index (χ0n) is 6.68. The maximum Gasteiger partial charge on any atom is 0.150 e. The molecular formula is C10H6ClFO. The molecule has 0 aliphatic carbocycles. The zero-order chi connectivity index (χ0) is 9.68. The second kappa shape index (κ2) is 4.64. The minimum absolute atomic E-state index is 0.162. The van der Waals surface area contributed by atoms with Crippen LogP contribution in [0.15, 0.2) is 18.2 Å². The maximum absolute atomic E-state index is 13.1. The first-order valence-electron chi connectivity index (χ1n) is 3.57. The second-order valence-electron chi connectivity index (χ2n) is 2.29. The molecule has 0 saturated carbocycles. The van der Waals surface area contributed by atoms with E-state index >= 15 is 0 Å². The molecule has 66 valence electrons. The Labute approximate surface area is 80.5 Å². The normalized spacial score (nSPS) is 8.77. The van der Waals surface area contributed by atoms with E-state index in [4.69, 9.17) is 11.6 Å². The summed E-state index contributed by atoms with van der Waals surface area (Å²) in [6, 6.07) is 4.11. The second-order valence-corrected chi connectivity index (χ2v) is 2.56. The van der Waals surface area contributed by atoms with Gasteiger partial charge in [-0.15, -0.1) is 11.6 Å². The summed E-state index contributed by atoms with van der Waals surface area (Å²) in [7, 11) is 0. The minimum Gasteiger partial charge on any atom is -0.298 e. The summed E-state index contributed by atoms with van der Waals surface area (Å²) in [5.74, 6) is 4.73. The summed E-state index contributed by atoms with van der Waals surface area (Å²) in [6.07, 6.45) is 0.585. The molecule has 1 aromatic rings. The fourth-order valence-electron chi connectivity index (χ4n) is 0.835. The molecule has 0 spiro atoms. The van der Waals surface area contributed by atoms with Crippen LogP contribution in [0.2, 0.25) is 0 Å². The third kappa shape index (κ3) is 2.57. The molecular weight excluding hydrogens is 191 g/mol. The van der Waals surface area contributed by atoms with Crippen LogP contribution in [0.1, 0.15) is 15.9 Å². The molecule has 0 aliphatic heterocycles. The van der Waals surface area contributed by atoms with Gasteiger partial charge in [0.1, 0.15) is 12.1 Å². The van der Waals surface area contributed by atoms with E-state index < -0.39 is 5.82 Å². The summed E-state index contributed by atoms with van der Waals surface area (Å²) < 4.78 is 13.1. The fraction of sp³-hybridized carbons (Fsp3) is 0.100. The number of carbonyl (C=O) groups is 1. The Bertz CT molecular complexity index is 376. The van der Waals surface area contributed by atoms with Gasteiger partial charge in [0.05, 0.1) is 11.4 Å². The topological polar surface area (TPSA) is 17.1 Å². The smallest absolute Gasteiger partial charge is 0.150 e. The van der Waals surface area contributed by atoms with Crippen molar-refractivity contribution in [2.24, 2.45) is 0 Å². The van der Waals surface area contributed by atoms with Gasteiger partial charge in [0, 0.05) is 5.56 Å². The molecule has 13 heavy (non-hydrogen) atoms. The van der Waals surface area contributed by atoms with Crippen LogP contribution >= 0.6 is 11.6 Å². The van der Waals surface area contributed by atoms with Gasteiger partial charge in [-0.2, -0.15) is 0 Å². The fourth-order valence-corrected chi connectivity index (χ4v) is 0.901. The van der Waals surface area contributed by atoms with Gasteiger partial charge < -0.3 is 0 Å². The Morgan fingerprint density at radius 3 is 2.85 bits per heavy atom. The summed E-state index contributed by atoms with van der Waals surface area (Å²) >= 11 is 5.31. The highest BCUT2D eigenvalue weighted by molar-refractivity contribution is 6.19. The van der Waals surface area contributed by atoms with Gasteiger partial charge in [-0.3, -0.25) is 4.79 Å². The van der Waals surface area contributed by atoms with Crippen molar-refractivity contribution >= 4 is 17.9 Å². The number of alkyl halides is 1. The average Bonchev–Trinajstić information content (AvgIpc) is 2.16. The zero-order valence-corrected chi connectivity index (χ0v) is 7.44. The molecule has 0 aliphatic rings. The van der Waals surface area contributed by atoms with Gasteiger partial charge >= 0.3 is 0 Å². The van der Waals surface area contributed by atoms with Gasteiger partial charge in [-0.1, -0.05) is 17.9 Å². The molecule has 0 atom stereocenters. The van der Waals surface area contributed by atoms with Crippen molar-refractivity contribution in [3.63, 3.8) is 0 Å². The van der Waals surface area contributed by atoms with Crippen LogP contribution in [-0.4, -0.2) is 12.2 Å². The van der Waals surface area contributed by atoms with E-state index in [9.17, 15) is 9.18 Å². The molecule has 0 fully saturated rings.